The molecular formula is C27H22BrN3O7. The minimum Gasteiger partial charge on any atom is -0.494 e. The van der Waals surface area contributed by atoms with Gasteiger partial charge >= 0.3 is 6.03 Å². The molecule has 0 unspecified atom stereocenters. The van der Waals surface area contributed by atoms with Crippen molar-refractivity contribution >= 4 is 51.2 Å². The molecule has 3 aromatic rings. The van der Waals surface area contributed by atoms with Crippen molar-refractivity contribution < 1.29 is 28.8 Å². The Balaban J connectivity index is 1.51. The maximum atomic E-state index is 13.2. The number of carbonyl (C=O) groups is 3. The van der Waals surface area contributed by atoms with Crippen LogP contribution in [0.1, 0.15) is 24.5 Å². The highest BCUT2D eigenvalue weighted by Crippen LogP contribution is 2.29. The van der Waals surface area contributed by atoms with E-state index in [2.05, 4.69) is 21.2 Å². The quantitative estimate of drug-likeness (QED) is 0.156. The number of nitrogens with zero attached hydrogens (tertiary/aromatic N) is 2. The molecule has 4 amide bonds. The summed E-state index contributed by atoms with van der Waals surface area (Å²) in [5.41, 5.74) is 1.18. The first kappa shape index (κ1) is 26.6. The van der Waals surface area contributed by atoms with Crippen molar-refractivity contribution in [2.75, 3.05) is 11.5 Å². The Morgan fingerprint density at radius 1 is 1.03 bits per heavy atom. The number of halogens is 1. The Morgan fingerprint density at radius 2 is 1.79 bits per heavy atom. The molecule has 1 aliphatic heterocycles. The van der Waals surface area contributed by atoms with E-state index in [1.54, 1.807) is 54.6 Å². The van der Waals surface area contributed by atoms with E-state index >= 15 is 0 Å². The normalized spacial score (nSPS) is 14.4. The number of ether oxygens (including phenoxy) is 2. The fourth-order valence-electron chi connectivity index (χ4n) is 3.61. The lowest BCUT2D eigenvalue weighted by Gasteiger charge is -2.26. The first-order valence-corrected chi connectivity index (χ1v) is 12.4. The molecule has 1 fully saturated rings. The van der Waals surface area contributed by atoms with Crippen molar-refractivity contribution in [3.05, 3.63) is 98.0 Å². The molecule has 1 saturated heterocycles. The van der Waals surface area contributed by atoms with Gasteiger partial charge in [-0.05, 0) is 76.0 Å². The van der Waals surface area contributed by atoms with Crippen molar-refractivity contribution in [1.29, 1.82) is 0 Å². The molecular weight excluding hydrogens is 558 g/mol. The first-order chi connectivity index (χ1) is 18.3. The SMILES string of the molecule is CCCOc1ccc(N2C(=O)NC(=O)/C(=C/c3ccc(OCc4cccc([N+](=O)[O-])c4)c(Br)c3)C2=O)cc1. The highest BCUT2D eigenvalue weighted by atomic mass is 79.9. The van der Waals surface area contributed by atoms with Gasteiger partial charge in [0.15, 0.2) is 0 Å². The highest BCUT2D eigenvalue weighted by molar-refractivity contribution is 9.10. The average molecular weight is 580 g/mol. The number of nitrogens with one attached hydrogen (secondary N) is 1. The monoisotopic (exact) mass is 579 g/mol. The third-order valence-corrected chi connectivity index (χ3v) is 6.07. The van der Waals surface area contributed by atoms with Gasteiger partial charge in [0.1, 0.15) is 23.7 Å². The number of imide groups is 2. The second-order valence-corrected chi connectivity index (χ2v) is 9.06. The van der Waals surface area contributed by atoms with Crippen LogP contribution in [0.5, 0.6) is 11.5 Å². The molecule has 0 bridgehead atoms. The molecule has 3 aromatic carbocycles. The number of urea groups is 1. The van der Waals surface area contributed by atoms with Gasteiger partial charge < -0.3 is 9.47 Å². The fourth-order valence-corrected chi connectivity index (χ4v) is 4.13. The zero-order valence-electron chi connectivity index (χ0n) is 20.2. The van der Waals surface area contributed by atoms with Crippen LogP contribution in [0.2, 0.25) is 0 Å². The van der Waals surface area contributed by atoms with E-state index in [-0.39, 0.29) is 17.9 Å². The third-order valence-electron chi connectivity index (χ3n) is 5.45. The summed E-state index contributed by atoms with van der Waals surface area (Å²) in [7, 11) is 0. The second kappa shape index (κ2) is 11.7. The summed E-state index contributed by atoms with van der Waals surface area (Å²) >= 11 is 3.41. The number of benzene rings is 3. The molecule has 4 rings (SSSR count). The summed E-state index contributed by atoms with van der Waals surface area (Å²) in [5.74, 6) is -0.505. The van der Waals surface area contributed by atoms with E-state index in [4.69, 9.17) is 9.47 Å². The molecule has 38 heavy (non-hydrogen) atoms. The van der Waals surface area contributed by atoms with Gasteiger partial charge in [-0.1, -0.05) is 25.1 Å². The van der Waals surface area contributed by atoms with Crippen LogP contribution in [0.15, 0.2) is 76.8 Å². The highest BCUT2D eigenvalue weighted by Gasteiger charge is 2.36. The number of carbonyl (C=O) groups excluding carboxylic acids is 3. The van der Waals surface area contributed by atoms with Crippen molar-refractivity contribution in [1.82, 2.24) is 5.32 Å². The number of barbiturate groups is 1. The number of rotatable bonds is 9. The lowest BCUT2D eigenvalue weighted by Crippen LogP contribution is -2.54. The molecule has 1 aliphatic rings. The van der Waals surface area contributed by atoms with E-state index in [0.717, 1.165) is 11.3 Å². The molecule has 0 radical (unpaired) electrons. The molecule has 0 aromatic heterocycles. The minimum atomic E-state index is -0.842. The number of hydrogen-bond donors (Lipinski definition) is 1. The lowest BCUT2D eigenvalue weighted by atomic mass is 10.1. The third kappa shape index (κ3) is 6.06. The van der Waals surface area contributed by atoms with Crippen molar-refractivity contribution in [2.24, 2.45) is 0 Å². The fraction of sp³-hybridized carbons (Fsp3) is 0.148. The van der Waals surface area contributed by atoms with Gasteiger partial charge in [0.2, 0.25) is 0 Å². The van der Waals surface area contributed by atoms with Crippen LogP contribution in [-0.2, 0) is 16.2 Å². The molecule has 194 valence electrons. The van der Waals surface area contributed by atoms with Crippen LogP contribution in [0.25, 0.3) is 6.08 Å². The van der Waals surface area contributed by atoms with Crippen LogP contribution in [-0.4, -0.2) is 29.4 Å². The number of nitro benzene ring substituents is 1. The summed E-state index contributed by atoms with van der Waals surface area (Å²) < 4.78 is 11.8. The number of amides is 4. The molecule has 0 atom stereocenters. The molecule has 0 saturated carbocycles. The summed E-state index contributed by atoms with van der Waals surface area (Å²) in [6.45, 7) is 2.62. The summed E-state index contributed by atoms with van der Waals surface area (Å²) in [6, 6.07) is 16.6. The average Bonchev–Trinajstić information content (AvgIpc) is 2.90. The standard InChI is InChI=1S/C27H22BrN3O7/c1-2-12-37-21-9-7-19(8-10-21)30-26(33)22(25(32)29-27(30)34)14-17-6-11-24(23(28)15-17)38-16-18-4-3-5-20(13-18)31(35)36/h3-11,13-15H,2,12,16H2,1H3,(H,29,32,34)/b22-14-. The van der Waals surface area contributed by atoms with Crippen LogP contribution in [0.3, 0.4) is 0 Å². The van der Waals surface area contributed by atoms with Gasteiger partial charge in [-0.15, -0.1) is 0 Å². The molecule has 10 nitrogen and oxygen atoms in total. The predicted molar refractivity (Wildman–Crippen MR) is 143 cm³/mol. The van der Waals surface area contributed by atoms with Gasteiger partial charge in [0.05, 0.1) is 21.7 Å². The zero-order chi connectivity index (χ0) is 27.2. The van der Waals surface area contributed by atoms with Crippen molar-refractivity contribution in [2.45, 2.75) is 20.0 Å². The topological polar surface area (TPSA) is 128 Å². The number of non-ortho nitro benzene ring substituents is 1. The summed E-state index contributed by atoms with van der Waals surface area (Å²) in [6.07, 6.45) is 2.22. The van der Waals surface area contributed by atoms with Gasteiger partial charge in [0.25, 0.3) is 17.5 Å². The van der Waals surface area contributed by atoms with E-state index in [0.29, 0.717) is 39.4 Å². The largest absolute Gasteiger partial charge is 0.494 e. The Labute approximate surface area is 226 Å². The molecule has 0 aliphatic carbocycles. The van der Waals surface area contributed by atoms with Gasteiger partial charge in [-0.25, -0.2) is 9.69 Å². The van der Waals surface area contributed by atoms with Crippen molar-refractivity contribution in [3.8, 4) is 11.5 Å². The Morgan fingerprint density at radius 3 is 2.47 bits per heavy atom. The maximum Gasteiger partial charge on any atom is 0.335 e. The Kier molecular flexibility index (Phi) is 8.17. The van der Waals surface area contributed by atoms with Crippen molar-refractivity contribution in [3.63, 3.8) is 0 Å². The van der Waals surface area contributed by atoms with Gasteiger partial charge in [-0.3, -0.25) is 25.0 Å². The Bertz CT molecular complexity index is 1440. The molecule has 1 heterocycles. The first-order valence-electron chi connectivity index (χ1n) is 11.6. The molecule has 1 N–H and O–H groups in total. The number of hydrogen-bond acceptors (Lipinski definition) is 7. The van der Waals surface area contributed by atoms with E-state index in [1.807, 2.05) is 6.92 Å². The van der Waals surface area contributed by atoms with E-state index in [9.17, 15) is 24.5 Å². The zero-order valence-corrected chi connectivity index (χ0v) is 21.8. The van der Waals surface area contributed by atoms with Crippen LogP contribution in [0, 0.1) is 10.1 Å². The van der Waals surface area contributed by atoms with Crippen LogP contribution >= 0.6 is 15.9 Å². The van der Waals surface area contributed by atoms with Crippen LogP contribution < -0.4 is 19.7 Å². The van der Waals surface area contributed by atoms with Crippen LogP contribution in [0.4, 0.5) is 16.2 Å². The van der Waals surface area contributed by atoms with Gasteiger partial charge in [-0.2, -0.15) is 0 Å². The molecule has 0 spiro atoms. The number of anilines is 1. The minimum absolute atomic E-state index is 0.0316. The second-order valence-electron chi connectivity index (χ2n) is 8.21. The molecule has 11 heteroatoms. The summed E-state index contributed by atoms with van der Waals surface area (Å²) in [4.78, 5) is 49.5. The van der Waals surface area contributed by atoms with E-state index in [1.165, 1.54) is 18.2 Å². The van der Waals surface area contributed by atoms with Gasteiger partial charge in [0, 0.05) is 12.1 Å². The number of nitro groups is 1. The van der Waals surface area contributed by atoms with E-state index < -0.39 is 22.8 Å². The predicted octanol–water partition coefficient (Wildman–Crippen LogP) is 5.39. The summed E-state index contributed by atoms with van der Waals surface area (Å²) in [5, 5.41) is 13.2. The smallest absolute Gasteiger partial charge is 0.335 e. The maximum absolute atomic E-state index is 13.2. The lowest BCUT2D eigenvalue weighted by molar-refractivity contribution is -0.384. The Hall–Kier alpha value is -4.51.